The largest absolute Gasteiger partial charge is 0.399 e. The van der Waals surface area contributed by atoms with E-state index < -0.39 is 4.92 Å². The second-order valence-electron chi connectivity index (χ2n) is 9.39. The summed E-state index contributed by atoms with van der Waals surface area (Å²) in [5.74, 6) is 0.296. The molecule has 0 saturated carbocycles. The normalized spacial score (nSPS) is 16.7. The predicted octanol–water partition coefficient (Wildman–Crippen LogP) is 1.50. The summed E-state index contributed by atoms with van der Waals surface area (Å²) in [6.07, 6.45) is 0.783. The van der Waals surface area contributed by atoms with Gasteiger partial charge >= 0.3 is 0 Å². The van der Waals surface area contributed by atoms with Crippen molar-refractivity contribution in [2.75, 3.05) is 72.2 Å². The predicted molar refractivity (Wildman–Crippen MR) is 140 cm³/mol. The Kier molecular flexibility index (Phi) is 9.77. The molecular weight excluding hydrogens is 460 g/mol. The van der Waals surface area contributed by atoms with E-state index >= 15 is 0 Å². The van der Waals surface area contributed by atoms with Gasteiger partial charge in [-0.15, -0.1) is 0 Å². The average molecular weight is 497 g/mol. The lowest BCUT2D eigenvalue weighted by atomic mass is 10.1. The van der Waals surface area contributed by atoms with Gasteiger partial charge in [0.15, 0.2) is 0 Å². The minimum atomic E-state index is -0.438. The van der Waals surface area contributed by atoms with E-state index in [-0.39, 0.29) is 17.5 Å². The SMILES string of the molecule is CN1CCN(C(=O)Cc2ccc(N)cc2)CC1.CN1CCN(C(=O)Cc2ccc([N+](=O)[O-])cc2)CC1. The molecule has 0 aromatic heterocycles. The van der Waals surface area contributed by atoms with Gasteiger partial charge in [-0.2, -0.15) is 0 Å². The highest BCUT2D eigenvalue weighted by Gasteiger charge is 2.20. The first-order valence-electron chi connectivity index (χ1n) is 12.2. The minimum absolute atomic E-state index is 0.0517. The summed E-state index contributed by atoms with van der Waals surface area (Å²) in [7, 11) is 4.12. The van der Waals surface area contributed by atoms with Crippen LogP contribution < -0.4 is 5.73 Å². The molecule has 36 heavy (non-hydrogen) atoms. The number of anilines is 1. The standard InChI is InChI=1S/C13H17N3O3.C13H19N3O/c1-14-6-8-15(9-7-14)13(17)10-11-2-4-12(5-3-11)16(18)19;1-15-6-8-16(9-7-15)13(17)10-11-2-4-12(14)5-3-11/h2-5H,6-10H2,1H3;2-5H,6-10,14H2,1H3. The molecule has 2 amide bonds. The molecule has 4 rings (SSSR count). The van der Waals surface area contributed by atoms with E-state index in [9.17, 15) is 19.7 Å². The summed E-state index contributed by atoms with van der Waals surface area (Å²) < 4.78 is 0. The number of carbonyl (C=O) groups is 2. The number of hydrogen-bond acceptors (Lipinski definition) is 7. The van der Waals surface area contributed by atoms with Crippen molar-refractivity contribution < 1.29 is 14.5 Å². The van der Waals surface area contributed by atoms with Crippen molar-refractivity contribution in [3.8, 4) is 0 Å². The van der Waals surface area contributed by atoms with Crippen molar-refractivity contribution >= 4 is 23.2 Å². The number of hydrogen-bond donors (Lipinski definition) is 1. The van der Waals surface area contributed by atoms with E-state index in [1.54, 1.807) is 12.1 Å². The van der Waals surface area contributed by atoms with Gasteiger partial charge in [0.2, 0.25) is 11.8 Å². The van der Waals surface area contributed by atoms with E-state index in [2.05, 4.69) is 16.8 Å². The molecule has 194 valence electrons. The average Bonchev–Trinajstić information content (AvgIpc) is 2.87. The Morgan fingerprint density at radius 1 is 0.722 bits per heavy atom. The van der Waals surface area contributed by atoms with Crippen molar-refractivity contribution in [1.29, 1.82) is 0 Å². The van der Waals surface area contributed by atoms with E-state index in [0.29, 0.717) is 12.8 Å². The van der Waals surface area contributed by atoms with Crippen LogP contribution in [0, 0.1) is 10.1 Å². The molecule has 0 spiro atoms. The Bertz CT molecular complexity index is 1010. The highest BCUT2D eigenvalue weighted by molar-refractivity contribution is 5.79. The Labute approximate surface area is 212 Å². The van der Waals surface area contributed by atoms with Gasteiger partial charge in [0.1, 0.15) is 0 Å². The lowest BCUT2D eigenvalue weighted by Gasteiger charge is -2.32. The molecule has 2 saturated heterocycles. The highest BCUT2D eigenvalue weighted by Crippen LogP contribution is 2.13. The molecule has 0 atom stereocenters. The Balaban J connectivity index is 0.000000202. The van der Waals surface area contributed by atoms with Crippen LogP contribution >= 0.6 is 0 Å². The lowest BCUT2D eigenvalue weighted by Crippen LogP contribution is -2.47. The quantitative estimate of drug-likeness (QED) is 0.379. The fourth-order valence-corrected chi connectivity index (χ4v) is 4.06. The number of nitro groups is 1. The lowest BCUT2D eigenvalue weighted by molar-refractivity contribution is -0.384. The van der Waals surface area contributed by atoms with Crippen molar-refractivity contribution in [2.45, 2.75) is 12.8 Å². The number of benzene rings is 2. The van der Waals surface area contributed by atoms with Gasteiger partial charge in [0.25, 0.3) is 5.69 Å². The zero-order valence-electron chi connectivity index (χ0n) is 21.1. The maximum absolute atomic E-state index is 12.1. The van der Waals surface area contributed by atoms with Crippen molar-refractivity contribution in [3.63, 3.8) is 0 Å². The van der Waals surface area contributed by atoms with Gasteiger partial charge < -0.3 is 25.3 Å². The first kappa shape index (κ1) is 27.1. The molecule has 2 aromatic rings. The first-order valence-corrected chi connectivity index (χ1v) is 12.2. The summed E-state index contributed by atoms with van der Waals surface area (Å²) in [6.45, 7) is 6.90. The third kappa shape index (κ3) is 8.31. The van der Waals surface area contributed by atoms with Gasteiger partial charge in [-0.05, 0) is 37.4 Å². The third-order valence-electron chi connectivity index (χ3n) is 6.55. The molecule has 0 bridgehead atoms. The van der Waals surface area contributed by atoms with Gasteiger partial charge in [-0.3, -0.25) is 19.7 Å². The van der Waals surface area contributed by atoms with Crippen molar-refractivity contribution in [3.05, 3.63) is 69.8 Å². The topological polar surface area (TPSA) is 116 Å². The van der Waals surface area contributed by atoms with E-state index in [1.165, 1.54) is 12.1 Å². The maximum Gasteiger partial charge on any atom is 0.269 e. The number of nitrogen functional groups attached to an aromatic ring is 1. The summed E-state index contributed by atoms with van der Waals surface area (Å²) in [5, 5.41) is 10.5. The zero-order chi connectivity index (χ0) is 26.1. The number of piperazine rings is 2. The van der Waals surface area contributed by atoms with Crippen LogP contribution in [0.2, 0.25) is 0 Å². The number of non-ortho nitro benzene ring substituents is 1. The second-order valence-corrected chi connectivity index (χ2v) is 9.39. The third-order valence-corrected chi connectivity index (χ3v) is 6.55. The molecule has 2 aliphatic heterocycles. The summed E-state index contributed by atoms with van der Waals surface area (Å²) in [6, 6.07) is 13.7. The van der Waals surface area contributed by atoms with Crippen LogP contribution in [0.25, 0.3) is 0 Å². The summed E-state index contributed by atoms with van der Waals surface area (Å²) >= 11 is 0. The molecule has 2 aliphatic rings. The number of rotatable bonds is 5. The van der Waals surface area contributed by atoms with Crippen LogP contribution in [0.15, 0.2) is 48.5 Å². The van der Waals surface area contributed by atoms with Crippen molar-refractivity contribution in [2.24, 2.45) is 0 Å². The van der Waals surface area contributed by atoms with Crippen LogP contribution in [0.5, 0.6) is 0 Å². The van der Waals surface area contributed by atoms with Crippen LogP contribution in [0.3, 0.4) is 0 Å². The fourth-order valence-electron chi connectivity index (χ4n) is 4.06. The molecule has 2 N–H and O–H groups in total. The number of likely N-dealkylation sites (N-methyl/N-ethyl adjacent to an activating group) is 2. The monoisotopic (exact) mass is 496 g/mol. The minimum Gasteiger partial charge on any atom is -0.399 e. The van der Waals surface area contributed by atoms with E-state index in [1.807, 2.05) is 41.1 Å². The van der Waals surface area contributed by atoms with E-state index in [0.717, 1.165) is 69.2 Å². The van der Waals surface area contributed by atoms with Crippen LogP contribution in [0.4, 0.5) is 11.4 Å². The van der Waals surface area contributed by atoms with Crippen molar-refractivity contribution in [1.82, 2.24) is 19.6 Å². The van der Waals surface area contributed by atoms with Crippen LogP contribution in [0.1, 0.15) is 11.1 Å². The summed E-state index contributed by atoms with van der Waals surface area (Å²) in [5.41, 5.74) is 8.25. The Morgan fingerprint density at radius 2 is 1.08 bits per heavy atom. The fraction of sp³-hybridized carbons (Fsp3) is 0.462. The number of nitrogens with zero attached hydrogens (tertiary/aromatic N) is 5. The smallest absolute Gasteiger partial charge is 0.269 e. The molecule has 0 radical (unpaired) electrons. The second kappa shape index (κ2) is 13.0. The molecule has 10 heteroatoms. The molecule has 2 aromatic carbocycles. The van der Waals surface area contributed by atoms with Crippen LogP contribution in [-0.2, 0) is 22.4 Å². The molecule has 2 fully saturated rings. The Morgan fingerprint density at radius 3 is 1.44 bits per heavy atom. The molecule has 0 unspecified atom stereocenters. The van der Waals surface area contributed by atoms with Crippen LogP contribution in [-0.4, -0.2) is 103 Å². The zero-order valence-corrected chi connectivity index (χ0v) is 21.1. The van der Waals surface area contributed by atoms with E-state index in [4.69, 9.17) is 5.73 Å². The van der Waals surface area contributed by atoms with Gasteiger partial charge in [-0.25, -0.2) is 0 Å². The first-order chi connectivity index (χ1) is 17.2. The molecule has 10 nitrogen and oxygen atoms in total. The number of nitrogens with two attached hydrogens (primary N) is 1. The number of nitro benzene ring substituents is 1. The highest BCUT2D eigenvalue weighted by atomic mass is 16.6. The molecular formula is C26H36N6O4. The maximum atomic E-state index is 12.1. The number of carbonyl (C=O) groups excluding carboxylic acids is 2. The van der Waals surface area contributed by atoms with Gasteiger partial charge in [0, 0.05) is 70.2 Å². The number of amides is 2. The summed E-state index contributed by atoms with van der Waals surface area (Å²) in [4.78, 5) is 42.4. The Hall–Kier alpha value is -3.50. The van der Waals surface area contributed by atoms with Gasteiger partial charge in [-0.1, -0.05) is 24.3 Å². The van der Waals surface area contributed by atoms with Gasteiger partial charge in [0.05, 0.1) is 17.8 Å². The molecule has 0 aliphatic carbocycles. The molecule has 2 heterocycles.